The van der Waals surface area contributed by atoms with E-state index in [4.69, 9.17) is 4.74 Å². The molecule has 3 aromatic carbocycles. The fourth-order valence-electron chi connectivity index (χ4n) is 3.97. The molecule has 5 heteroatoms. The second-order valence-corrected chi connectivity index (χ2v) is 7.86. The van der Waals surface area contributed by atoms with Crippen molar-refractivity contribution >= 4 is 22.7 Å². The van der Waals surface area contributed by atoms with E-state index in [0.29, 0.717) is 12.6 Å². The van der Waals surface area contributed by atoms with Gasteiger partial charge in [0.1, 0.15) is 11.5 Å². The number of ether oxygens (including phenoxy) is 1. The molecule has 0 aliphatic heterocycles. The Morgan fingerprint density at radius 2 is 1.67 bits per heavy atom. The van der Waals surface area contributed by atoms with E-state index in [-0.39, 0.29) is 0 Å². The predicted molar refractivity (Wildman–Crippen MR) is 122 cm³/mol. The van der Waals surface area contributed by atoms with Gasteiger partial charge in [-0.15, -0.1) is 0 Å². The van der Waals surface area contributed by atoms with Crippen LogP contribution in [-0.4, -0.2) is 16.0 Å². The van der Waals surface area contributed by atoms with E-state index in [1.165, 1.54) is 36.9 Å². The number of imidazole rings is 1. The van der Waals surface area contributed by atoms with Crippen LogP contribution in [0.15, 0.2) is 72.8 Å². The Labute approximate surface area is 176 Å². The Morgan fingerprint density at radius 3 is 2.47 bits per heavy atom. The molecule has 30 heavy (non-hydrogen) atoms. The van der Waals surface area contributed by atoms with E-state index in [0.717, 1.165) is 28.5 Å². The minimum Gasteiger partial charge on any atom is -0.457 e. The van der Waals surface area contributed by atoms with E-state index < -0.39 is 0 Å². The zero-order valence-corrected chi connectivity index (χ0v) is 16.9. The van der Waals surface area contributed by atoms with Gasteiger partial charge >= 0.3 is 0 Å². The maximum Gasteiger partial charge on any atom is 0.201 e. The summed E-state index contributed by atoms with van der Waals surface area (Å²) >= 11 is 0. The van der Waals surface area contributed by atoms with E-state index in [1.54, 1.807) is 0 Å². The monoisotopic (exact) mass is 398 g/mol. The lowest BCUT2D eigenvalue weighted by Crippen LogP contribution is -2.14. The number of aromatic amines is 1. The van der Waals surface area contributed by atoms with Gasteiger partial charge in [0.15, 0.2) is 0 Å². The molecule has 0 saturated heterocycles. The molecule has 152 valence electrons. The first-order chi connectivity index (χ1) is 14.8. The molecule has 0 unspecified atom stereocenters. The molecule has 1 aliphatic rings. The highest BCUT2D eigenvalue weighted by Crippen LogP contribution is 2.25. The quantitative estimate of drug-likeness (QED) is 0.341. The molecule has 1 fully saturated rings. The maximum absolute atomic E-state index is 5.85. The van der Waals surface area contributed by atoms with Crippen LogP contribution in [0, 0.1) is 0 Å². The summed E-state index contributed by atoms with van der Waals surface area (Å²) in [6.07, 6.45) is 5.20. The predicted octanol–water partition coefficient (Wildman–Crippen LogP) is 6.32. The van der Waals surface area contributed by atoms with Crippen LogP contribution in [0.4, 0.5) is 11.6 Å². The number of hydrogen-bond acceptors (Lipinski definition) is 4. The van der Waals surface area contributed by atoms with Crippen LogP contribution in [0.25, 0.3) is 11.0 Å². The van der Waals surface area contributed by atoms with Gasteiger partial charge in [-0.2, -0.15) is 0 Å². The summed E-state index contributed by atoms with van der Waals surface area (Å²) in [6.45, 7) is 0.693. The maximum atomic E-state index is 5.85. The summed E-state index contributed by atoms with van der Waals surface area (Å²) in [6, 6.07) is 24.9. The first-order valence-electron chi connectivity index (χ1n) is 10.6. The molecule has 3 N–H and O–H groups in total. The van der Waals surface area contributed by atoms with Crippen molar-refractivity contribution in [3.8, 4) is 11.5 Å². The van der Waals surface area contributed by atoms with Crippen molar-refractivity contribution in [2.24, 2.45) is 0 Å². The van der Waals surface area contributed by atoms with Crippen molar-refractivity contribution in [1.82, 2.24) is 9.97 Å². The van der Waals surface area contributed by atoms with Crippen molar-refractivity contribution in [3.05, 3.63) is 78.4 Å². The number of H-pyrrole nitrogens is 1. The van der Waals surface area contributed by atoms with Crippen molar-refractivity contribution in [3.63, 3.8) is 0 Å². The molecule has 0 bridgehead atoms. The third-order valence-corrected chi connectivity index (χ3v) is 5.57. The van der Waals surface area contributed by atoms with Crippen molar-refractivity contribution in [1.29, 1.82) is 0 Å². The van der Waals surface area contributed by atoms with Crippen LogP contribution in [0.1, 0.15) is 31.2 Å². The highest BCUT2D eigenvalue weighted by molar-refractivity contribution is 5.81. The Balaban J connectivity index is 1.20. The van der Waals surface area contributed by atoms with Gasteiger partial charge in [-0.1, -0.05) is 43.2 Å². The number of nitrogens with zero attached hydrogens (tertiary/aromatic N) is 1. The van der Waals surface area contributed by atoms with Gasteiger partial charge in [-0.3, -0.25) is 0 Å². The lowest BCUT2D eigenvalue weighted by atomic mass is 10.2. The number of rotatable bonds is 7. The van der Waals surface area contributed by atoms with Gasteiger partial charge in [-0.25, -0.2) is 4.98 Å². The fraction of sp³-hybridized carbons (Fsp3) is 0.240. The average Bonchev–Trinajstić information content (AvgIpc) is 3.43. The van der Waals surface area contributed by atoms with Crippen molar-refractivity contribution in [2.75, 3.05) is 10.6 Å². The van der Waals surface area contributed by atoms with Crippen LogP contribution in [0.3, 0.4) is 0 Å². The summed E-state index contributed by atoms with van der Waals surface area (Å²) in [5.74, 6) is 2.45. The molecule has 1 heterocycles. The van der Waals surface area contributed by atoms with Crippen LogP contribution in [0.5, 0.6) is 11.5 Å². The number of anilines is 2. The Morgan fingerprint density at radius 1 is 0.900 bits per heavy atom. The smallest absolute Gasteiger partial charge is 0.201 e. The zero-order valence-electron chi connectivity index (χ0n) is 16.9. The molecule has 0 amide bonds. The van der Waals surface area contributed by atoms with Gasteiger partial charge in [0, 0.05) is 18.3 Å². The second-order valence-electron chi connectivity index (χ2n) is 7.86. The van der Waals surface area contributed by atoms with Crippen molar-refractivity contribution < 1.29 is 4.74 Å². The molecule has 0 radical (unpaired) electrons. The molecular formula is C25H26N4O. The third-order valence-electron chi connectivity index (χ3n) is 5.57. The van der Waals surface area contributed by atoms with Gasteiger partial charge < -0.3 is 20.4 Å². The molecule has 1 aromatic heterocycles. The Bertz CT molecular complexity index is 1100. The zero-order chi connectivity index (χ0) is 20.2. The minimum atomic E-state index is 0.608. The first-order valence-corrected chi connectivity index (χ1v) is 10.6. The van der Waals surface area contributed by atoms with Crippen LogP contribution in [0.2, 0.25) is 0 Å². The number of fused-ring (bicyclic) bond motifs is 1. The summed E-state index contributed by atoms with van der Waals surface area (Å²) in [5, 5.41) is 7.03. The molecule has 1 saturated carbocycles. The molecule has 5 nitrogen and oxygen atoms in total. The van der Waals surface area contributed by atoms with Gasteiger partial charge in [0.2, 0.25) is 5.95 Å². The lowest BCUT2D eigenvalue weighted by Gasteiger charge is -2.13. The summed E-state index contributed by atoms with van der Waals surface area (Å²) in [4.78, 5) is 8.04. The van der Waals surface area contributed by atoms with Gasteiger partial charge in [-0.05, 0) is 60.9 Å². The lowest BCUT2D eigenvalue weighted by molar-refractivity contribution is 0.482. The van der Waals surface area contributed by atoms with E-state index >= 15 is 0 Å². The average molecular weight is 399 g/mol. The highest BCUT2D eigenvalue weighted by atomic mass is 16.5. The largest absolute Gasteiger partial charge is 0.457 e. The summed E-state index contributed by atoms with van der Waals surface area (Å²) in [5.41, 5.74) is 4.35. The number of benzene rings is 3. The van der Waals surface area contributed by atoms with E-state index in [2.05, 4.69) is 50.9 Å². The number of aromatic nitrogens is 2. The van der Waals surface area contributed by atoms with E-state index in [1.807, 2.05) is 42.5 Å². The fourth-order valence-corrected chi connectivity index (χ4v) is 3.97. The second kappa shape index (κ2) is 8.49. The molecule has 4 aromatic rings. The number of hydrogen-bond donors (Lipinski definition) is 3. The van der Waals surface area contributed by atoms with Gasteiger partial charge in [0.05, 0.1) is 11.0 Å². The highest BCUT2D eigenvalue weighted by Gasteiger charge is 2.14. The van der Waals surface area contributed by atoms with E-state index in [9.17, 15) is 0 Å². The SMILES string of the molecule is c1ccc(Oc2ccc(CNc3nc4ccc(NC5CCCC5)cc4[nH]3)cc2)cc1. The minimum absolute atomic E-state index is 0.608. The Hall–Kier alpha value is -3.47. The first kappa shape index (κ1) is 18.6. The molecule has 0 spiro atoms. The number of para-hydroxylation sites is 1. The third kappa shape index (κ3) is 4.40. The summed E-state index contributed by atoms with van der Waals surface area (Å²) in [7, 11) is 0. The molecular weight excluding hydrogens is 372 g/mol. The topological polar surface area (TPSA) is 62.0 Å². The Kier molecular flexibility index (Phi) is 5.25. The van der Waals surface area contributed by atoms with Gasteiger partial charge in [0.25, 0.3) is 0 Å². The standard InChI is InChI=1S/C25H26N4O/c1-2-8-21(9-3-1)30-22-13-10-18(11-14-22)17-26-25-28-23-15-12-20(16-24(23)29-25)27-19-6-4-5-7-19/h1-3,8-16,19,27H,4-7,17H2,(H2,26,28,29). The van der Waals surface area contributed by atoms with Crippen LogP contribution in [-0.2, 0) is 6.54 Å². The molecule has 1 aliphatic carbocycles. The number of nitrogens with one attached hydrogen (secondary N) is 3. The molecule has 0 atom stereocenters. The summed E-state index contributed by atoms with van der Waals surface area (Å²) < 4.78 is 5.85. The van der Waals surface area contributed by atoms with Crippen LogP contribution < -0.4 is 15.4 Å². The van der Waals surface area contributed by atoms with Crippen molar-refractivity contribution in [2.45, 2.75) is 38.3 Å². The normalized spacial score (nSPS) is 14.1. The molecule has 5 rings (SSSR count). The van der Waals surface area contributed by atoms with Crippen LogP contribution >= 0.6 is 0 Å².